The van der Waals surface area contributed by atoms with E-state index in [-0.39, 0.29) is 6.10 Å². The zero-order valence-corrected chi connectivity index (χ0v) is 11.6. The molecule has 0 radical (unpaired) electrons. The molecule has 1 saturated heterocycles. The van der Waals surface area contributed by atoms with Crippen LogP contribution in [-0.4, -0.2) is 34.1 Å². The maximum atomic E-state index is 5.80. The highest BCUT2D eigenvalue weighted by molar-refractivity contribution is 7.80. The van der Waals surface area contributed by atoms with Gasteiger partial charge in [-0.2, -0.15) is 5.10 Å². The van der Waals surface area contributed by atoms with Gasteiger partial charge in [0.05, 0.1) is 17.4 Å². The standard InChI is InChI=1S/C12H19N3O2S/c1-8-10(11(13)18)12(15(2)14-8)17-7-9-5-3-4-6-16-9/h9H,3-7H2,1-2H3,(H2,13,18). The summed E-state index contributed by atoms with van der Waals surface area (Å²) in [6, 6.07) is 0. The van der Waals surface area contributed by atoms with Crippen LogP contribution in [-0.2, 0) is 11.8 Å². The van der Waals surface area contributed by atoms with Crippen molar-refractivity contribution in [3.8, 4) is 5.88 Å². The van der Waals surface area contributed by atoms with Crippen molar-refractivity contribution in [1.29, 1.82) is 0 Å². The van der Waals surface area contributed by atoms with Crippen molar-refractivity contribution in [3.63, 3.8) is 0 Å². The summed E-state index contributed by atoms with van der Waals surface area (Å²) in [6.07, 6.45) is 3.53. The highest BCUT2D eigenvalue weighted by atomic mass is 32.1. The number of nitrogens with two attached hydrogens (primary N) is 1. The molecule has 5 nitrogen and oxygen atoms in total. The molecular weight excluding hydrogens is 250 g/mol. The van der Waals surface area contributed by atoms with Crippen LogP contribution in [0.1, 0.15) is 30.5 Å². The van der Waals surface area contributed by atoms with Gasteiger partial charge in [0.15, 0.2) is 0 Å². The Kier molecular flexibility index (Phi) is 4.19. The van der Waals surface area contributed by atoms with Crippen molar-refractivity contribution >= 4 is 17.2 Å². The zero-order valence-electron chi connectivity index (χ0n) is 10.8. The summed E-state index contributed by atoms with van der Waals surface area (Å²) in [5.41, 5.74) is 7.23. The number of ether oxygens (including phenoxy) is 2. The summed E-state index contributed by atoms with van der Waals surface area (Å²) in [5.74, 6) is 0.633. The number of hydrogen-bond acceptors (Lipinski definition) is 4. The van der Waals surface area contributed by atoms with E-state index in [9.17, 15) is 0 Å². The van der Waals surface area contributed by atoms with Crippen LogP contribution in [0.15, 0.2) is 0 Å². The number of thiocarbonyl (C=S) groups is 1. The second-order valence-corrected chi connectivity index (χ2v) is 4.99. The fraction of sp³-hybridized carbons (Fsp3) is 0.667. The van der Waals surface area contributed by atoms with Gasteiger partial charge in [-0.05, 0) is 26.2 Å². The Bertz CT molecular complexity index is 439. The molecule has 1 atom stereocenters. The molecule has 1 aliphatic heterocycles. The van der Waals surface area contributed by atoms with E-state index in [2.05, 4.69) is 5.10 Å². The second-order valence-electron chi connectivity index (χ2n) is 4.55. The molecule has 0 aliphatic carbocycles. The Morgan fingerprint density at radius 1 is 1.61 bits per heavy atom. The van der Waals surface area contributed by atoms with E-state index < -0.39 is 0 Å². The van der Waals surface area contributed by atoms with Crippen LogP contribution in [0.5, 0.6) is 5.88 Å². The molecule has 1 aromatic rings. The predicted molar refractivity (Wildman–Crippen MR) is 72.9 cm³/mol. The molecule has 2 N–H and O–H groups in total. The van der Waals surface area contributed by atoms with E-state index in [1.165, 1.54) is 6.42 Å². The van der Waals surface area contributed by atoms with E-state index in [1.807, 2.05) is 14.0 Å². The van der Waals surface area contributed by atoms with Gasteiger partial charge in [-0.15, -0.1) is 0 Å². The largest absolute Gasteiger partial charge is 0.475 e. The number of hydrogen-bond donors (Lipinski definition) is 1. The van der Waals surface area contributed by atoms with Crippen molar-refractivity contribution < 1.29 is 9.47 Å². The van der Waals surface area contributed by atoms with Crippen molar-refractivity contribution in [1.82, 2.24) is 9.78 Å². The third-order valence-electron chi connectivity index (χ3n) is 3.10. The van der Waals surface area contributed by atoms with Gasteiger partial charge in [-0.25, -0.2) is 4.68 Å². The molecule has 1 unspecified atom stereocenters. The lowest BCUT2D eigenvalue weighted by atomic mass is 10.1. The molecule has 1 fully saturated rings. The lowest BCUT2D eigenvalue weighted by molar-refractivity contribution is -0.0127. The van der Waals surface area contributed by atoms with Crippen LogP contribution in [0.3, 0.4) is 0 Å². The average Bonchev–Trinajstić information content (AvgIpc) is 2.62. The summed E-state index contributed by atoms with van der Waals surface area (Å²) >= 11 is 5.03. The topological polar surface area (TPSA) is 62.3 Å². The van der Waals surface area contributed by atoms with Crippen LogP contribution >= 0.6 is 12.2 Å². The minimum atomic E-state index is 0.160. The lowest BCUT2D eigenvalue weighted by Gasteiger charge is -2.22. The summed E-state index contributed by atoms with van der Waals surface area (Å²) in [6.45, 7) is 3.22. The number of nitrogens with zero attached hydrogens (tertiary/aromatic N) is 2. The summed E-state index contributed by atoms with van der Waals surface area (Å²) in [7, 11) is 1.83. The number of aryl methyl sites for hydroxylation is 2. The molecule has 100 valence electrons. The van der Waals surface area contributed by atoms with E-state index in [1.54, 1.807) is 4.68 Å². The summed E-state index contributed by atoms with van der Waals surface area (Å²) in [5, 5.41) is 4.28. The molecular formula is C12H19N3O2S. The molecule has 0 bridgehead atoms. The first-order chi connectivity index (χ1) is 8.59. The minimum Gasteiger partial charge on any atom is -0.475 e. The Labute approximate surface area is 112 Å². The van der Waals surface area contributed by atoms with Crippen LogP contribution < -0.4 is 10.5 Å². The van der Waals surface area contributed by atoms with Crippen LogP contribution in [0.4, 0.5) is 0 Å². The van der Waals surface area contributed by atoms with E-state index in [0.717, 1.165) is 30.7 Å². The van der Waals surface area contributed by atoms with Gasteiger partial charge < -0.3 is 15.2 Å². The third-order valence-corrected chi connectivity index (χ3v) is 3.30. The van der Waals surface area contributed by atoms with E-state index in [4.69, 9.17) is 27.4 Å². The van der Waals surface area contributed by atoms with Gasteiger partial charge in [0, 0.05) is 13.7 Å². The van der Waals surface area contributed by atoms with Gasteiger partial charge >= 0.3 is 0 Å². The fourth-order valence-corrected chi connectivity index (χ4v) is 2.43. The van der Waals surface area contributed by atoms with Crippen LogP contribution in [0, 0.1) is 6.92 Å². The van der Waals surface area contributed by atoms with Gasteiger partial charge in [0.25, 0.3) is 0 Å². The molecule has 1 aliphatic rings. The third kappa shape index (κ3) is 2.81. The maximum absolute atomic E-state index is 5.80. The molecule has 1 aromatic heterocycles. The number of rotatable bonds is 4. The first-order valence-electron chi connectivity index (χ1n) is 6.17. The fourth-order valence-electron chi connectivity index (χ4n) is 2.20. The van der Waals surface area contributed by atoms with Crippen molar-refractivity contribution in [2.24, 2.45) is 12.8 Å². The highest BCUT2D eigenvalue weighted by Crippen LogP contribution is 2.22. The molecule has 0 aromatic carbocycles. The van der Waals surface area contributed by atoms with E-state index >= 15 is 0 Å². The smallest absolute Gasteiger partial charge is 0.222 e. The molecule has 0 saturated carbocycles. The Balaban J connectivity index is 2.06. The van der Waals surface area contributed by atoms with Gasteiger partial charge in [-0.3, -0.25) is 0 Å². The van der Waals surface area contributed by atoms with E-state index in [0.29, 0.717) is 17.5 Å². The van der Waals surface area contributed by atoms with Gasteiger partial charge in [0.2, 0.25) is 5.88 Å². The zero-order chi connectivity index (χ0) is 13.1. The molecule has 18 heavy (non-hydrogen) atoms. The highest BCUT2D eigenvalue weighted by Gasteiger charge is 2.20. The lowest BCUT2D eigenvalue weighted by Crippen LogP contribution is -2.26. The molecule has 0 amide bonds. The number of aromatic nitrogens is 2. The monoisotopic (exact) mass is 269 g/mol. The average molecular weight is 269 g/mol. The minimum absolute atomic E-state index is 0.160. The summed E-state index contributed by atoms with van der Waals surface area (Å²) in [4.78, 5) is 0.320. The van der Waals surface area contributed by atoms with Gasteiger partial charge in [0.1, 0.15) is 11.6 Å². The van der Waals surface area contributed by atoms with Gasteiger partial charge in [-0.1, -0.05) is 12.2 Å². The molecule has 2 heterocycles. The first kappa shape index (κ1) is 13.3. The SMILES string of the molecule is Cc1nn(C)c(OCC2CCCCO2)c1C(N)=S. The quantitative estimate of drug-likeness (QED) is 0.835. The molecule has 2 rings (SSSR count). The van der Waals surface area contributed by atoms with Crippen LogP contribution in [0.25, 0.3) is 0 Å². The van der Waals surface area contributed by atoms with Crippen molar-refractivity contribution in [3.05, 3.63) is 11.3 Å². The van der Waals surface area contributed by atoms with Crippen molar-refractivity contribution in [2.45, 2.75) is 32.3 Å². The predicted octanol–water partition coefficient (Wildman–Crippen LogP) is 1.31. The molecule has 0 spiro atoms. The Morgan fingerprint density at radius 3 is 3.00 bits per heavy atom. The maximum Gasteiger partial charge on any atom is 0.222 e. The van der Waals surface area contributed by atoms with Crippen LogP contribution in [0.2, 0.25) is 0 Å². The summed E-state index contributed by atoms with van der Waals surface area (Å²) < 4.78 is 13.1. The molecule has 6 heteroatoms. The first-order valence-corrected chi connectivity index (χ1v) is 6.58. The normalized spacial score (nSPS) is 19.8. The Hall–Kier alpha value is -1.14. The van der Waals surface area contributed by atoms with Crippen molar-refractivity contribution in [2.75, 3.05) is 13.2 Å². The second kappa shape index (κ2) is 5.67. The Morgan fingerprint density at radius 2 is 2.39 bits per heavy atom.